The van der Waals surface area contributed by atoms with Gasteiger partial charge in [-0.1, -0.05) is 0 Å². The SMILES string of the molecule is CSC(C)(C)CNCc1ccc(CO)o1. The standard InChI is InChI=1S/C11H19NO2S/c1-11(2,15-3)8-12-6-9-4-5-10(7-13)14-9/h4-5,12-13H,6-8H2,1-3H3. The van der Waals surface area contributed by atoms with Crippen molar-refractivity contribution in [3.05, 3.63) is 23.7 Å². The first kappa shape index (κ1) is 12.6. The summed E-state index contributed by atoms with van der Waals surface area (Å²) in [6.07, 6.45) is 2.11. The highest BCUT2D eigenvalue weighted by Gasteiger charge is 2.15. The maximum absolute atomic E-state index is 8.83. The summed E-state index contributed by atoms with van der Waals surface area (Å²) in [5, 5.41) is 12.2. The fourth-order valence-corrected chi connectivity index (χ4v) is 1.41. The Kier molecular flexibility index (Phi) is 4.70. The Hall–Kier alpha value is -0.450. The predicted molar refractivity (Wildman–Crippen MR) is 63.9 cm³/mol. The molecule has 1 heterocycles. The number of rotatable bonds is 6. The van der Waals surface area contributed by atoms with Crippen LogP contribution < -0.4 is 5.32 Å². The highest BCUT2D eigenvalue weighted by atomic mass is 32.2. The van der Waals surface area contributed by atoms with Crippen LogP contribution >= 0.6 is 11.8 Å². The van der Waals surface area contributed by atoms with Crippen molar-refractivity contribution in [3.63, 3.8) is 0 Å². The van der Waals surface area contributed by atoms with Crippen molar-refractivity contribution in [2.24, 2.45) is 0 Å². The summed E-state index contributed by atoms with van der Waals surface area (Å²) in [6, 6.07) is 3.70. The fraction of sp³-hybridized carbons (Fsp3) is 0.636. The molecule has 2 N–H and O–H groups in total. The van der Waals surface area contributed by atoms with Gasteiger partial charge in [0.15, 0.2) is 0 Å². The second kappa shape index (κ2) is 5.58. The largest absolute Gasteiger partial charge is 0.462 e. The molecule has 86 valence electrons. The number of thioether (sulfide) groups is 1. The zero-order chi connectivity index (χ0) is 11.3. The van der Waals surface area contributed by atoms with E-state index in [1.165, 1.54) is 0 Å². The Balaban J connectivity index is 2.31. The van der Waals surface area contributed by atoms with Crippen molar-refractivity contribution < 1.29 is 9.52 Å². The van der Waals surface area contributed by atoms with E-state index in [0.29, 0.717) is 12.3 Å². The van der Waals surface area contributed by atoms with Gasteiger partial charge in [-0.25, -0.2) is 0 Å². The topological polar surface area (TPSA) is 45.4 Å². The number of aliphatic hydroxyl groups excluding tert-OH is 1. The van der Waals surface area contributed by atoms with Crippen molar-refractivity contribution in [2.45, 2.75) is 31.7 Å². The first-order valence-electron chi connectivity index (χ1n) is 5.02. The third-order valence-electron chi connectivity index (χ3n) is 2.28. The number of hydrogen-bond donors (Lipinski definition) is 2. The van der Waals surface area contributed by atoms with E-state index in [1.54, 1.807) is 6.07 Å². The molecule has 0 aliphatic heterocycles. The van der Waals surface area contributed by atoms with Crippen LogP contribution in [0.25, 0.3) is 0 Å². The molecule has 0 saturated heterocycles. The molecule has 1 aromatic rings. The number of nitrogens with one attached hydrogen (secondary N) is 1. The quantitative estimate of drug-likeness (QED) is 0.783. The highest BCUT2D eigenvalue weighted by molar-refractivity contribution is 7.99. The smallest absolute Gasteiger partial charge is 0.129 e. The van der Waals surface area contributed by atoms with E-state index in [9.17, 15) is 0 Å². The molecule has 1 rings (SSSR count). The Morgan fingerprint density at radius 2 is 2.07 bits per heavy atom. The van der Waals surface area contributed by atoms with E-state index in [0.717, 1.165) is 12.3 Å². The number of furan rings is 1. The molecule has 0 aliphatic rings. The first-order valence-corrected chi connectivity index (χ1v) is 6.24. The zero-order valence-electron chi connectivity index (χ0n) is 9.54. The lowest BCUT2D eigenvalue weighted by molar-refractivity contribution is 0.242. The van der Waals surface area contributed by atoms with E-state index >= 15 is 0 Å². The van der Waals surface area contributed by atoms with Crippen LogP contribution in [0.15, 0.2) is 16.5 Å². The molecule has 0 bridgehead atoms. The average Bonchev–Trinajstić information content (AvgIpc) is 2.66. The fourth-order valence-electron chi connectivity index (χ4n) is 1.16. The van der Waals surface area contributed by atoms with E-state index in [4.69, 9.17) is 9.52 Å². The summed E-state index contributed by atoms with van der Waals surface area (Å²) in [5.41, 5.74) is 0. The van der Waals surface area contributed by atoms with Gasteiger partial charge in [-0.15, -0.1) is 0 Å². The van der Waals surface area contributed by atoms with Crippen molar-refractivity contribution in [2.75, 3.05) is 12.8 Å². The molecule has 0 aliphatic carbocycles. The molecule has 0 fully saturated rings. The molecular weight excluding hydrogens is 210 g/mol. The van der Waals surface area contributed by atoms with Crippen LogP contribution in [0.2, 0.25) is 0 Å². The molecule has 0 radical (unpaired) electrons. The lowest BCUT2D eigenvalue weighted by atomic mass is 10.2. The second-order valence-electron chi connectivity index (χ2n) is 4.09. The summed E-state index contributed by atoms with van der Waals surface area (Å²) in [5.74, 6) is 1.49. The van der Waals surface area contributed by atoms with Crippen molar-refractivity contribution in [1.82, 2.24) is 5.32 Å². The van der Waals surface area contributed by atoms with Crippen LogP contribution in [-0.2, 0) is 13.2 Å². The number of aliphatic hydroxyl groups is 1. The van der Waals surface area contributed by atoms with Crippen LogP contribution in [0.4, 0.5) is 0 Å². The van der Waals surface area contributed by atoms with E-state index in [1.807, 2.05) is 17.8 Å². The molecule has 0 atom stereocenters. The molecule has 4 heteroatoms. The van der Waals surface area contributed by atoms with Crippen LogP contribution in [-0.4, -0.2) is 22.7 Å². The minimum absolute atomic E-state index is 0.0314. The molecule has 3 nitrogen and oxygen atoms in total. The molecule has 0 saturated carbocycles. The van der Waals surface area contributed by atoms with E-state index in [2.05, 4.69) is 25.4 Å². The van der Waals surface area contributed by atoms with Gasteiger partial charge in [0.2, 0.25) is 0 Å². The molecular formula is C11H19NO2S. The zero-order valence-corrected chi connectivity index (χ0v) is 10.4. The lowest BCUT2D eigenvalue weighted by Crippen LogP contribution is -2.31. The van der Waals surface area contributed by atoms with Gasteiger partial charge in [0.1, 0.15) is 18.1 Å². The molecule has 15 heavy (non-hydrogen) atoms. The van der Waals surface area contributed by atoms with Gasteiger partial charge in [0.05, 0.1) is 6.54 Å². The Bertz CT molecular complexity index is 297. The average molecular weight is 229 g/mol. The normalized spacial score (nSPS) is 12.0. The van der Waals surface area contributed by atoms with Crippen molar-refractivity contribution in [1.29, 1.82) is 0 Å². The molecule has 0 aromatic carbocycles. The Morgan fingerprint density at radius 1 is 1.40 bits per heavy atom. The molecule has 0 amide bonds. The van der Waals surface area contributed by atoms with Crippen LogP contribution in [0, 0.1) is 0 Å². The third kappa shape index (κ3) is 4.28. The summed E-state index contributed by atoms with van der Waals surface area (Å²) < 4.78 is 5.60. The summed E-state index contributed by atoms with van der Waals surface area (Å²) in [6.45, 7) is 6.02. The molecule has 0 spiro atoms. The Morgan fingerprint density at radius 3 is 2.60 bits per heavy atom. The highest BCUT2D eigenvalue weighted by Crippen LogP contribution is 2.19. The molecule has 1 aromatic heterocycles. The van der Waals surface area contributed by atoms with Gasteiger partial charge in [-0.2, -0.15) is 11.8 Å². The summed E-state index contributed by atoms with van der Waals surface area (Å²) in [4.78, 5) is 0. The van der Waals surface area contributed by atoms with Crippen LogP contribution in [0.3, 0.4) is 0 Å². The maximum atomic E-state index is 8.83. The van der Waals surface area contributed by atoms with Gasteiger partial charge in [-0.3, -0.25) is 0 Å². The maximum Gasteiger partial charge on any atom is 0.129 e. The first-order chi connectivity index (χ1) is 7.07. The Labute approximate surface area is 95.2 Å². The van der Waals surface area contributed by atoms with Crippen LogP contribution in [0.1, 0.15) is 25.4 Å². The monoisotopic (exact) mass is 229 g/mol. The minimum Gasteiger partial charge on any atom is -0.462 e. The van der Waals surface area contributed by atoms with Gasteiger partial charge in [-0.05, 0) is 32.2 Å². The van der Waals surface area contributed by atoms with Gasteiger partial charge in [0, 0.05) is 11.3 Å². The second-order valence-corrected chi connectivity index (χ2v) is 5.61. The van der Waals surface area contributed by atoms with E-state index in [-0.39, 0.29) is 11.4 Å². The molecule has 0 unspecified atom stereocenters. The van der Waals surface area contributed by atoms with Crippen molar-refractivity contribution in [3.8, 4) is 0 Å². The number of hydrogen-bond acceptors (Lipinski definition) is 4. The van der Waals surface area contributed by atoms with Crippen LogP contribution in [0.5, 0.6) is 0 Å². The third-order valence-corrected chi connectivity index (χ3v) is 3.53. The van der Waals surface area contributed by atoms with Gasteiger partial charge < -0.3 is 14.8 Å². The van der Waals surface area contributed by atoms with E-state index < -0.39 is 0 Å². The van der Waals surface area contributed by atoms with Gasteiger partial charge >= 0.3 is 0 Å². The predicted octanol–water partition coefficient (Wildman–Crippen LogP) is 2.00. The minimum atomic E-state index is -0.0314. The van der Waals surface area contributed by atoms with Crippen molar-refractivity contribution >= 4 is 11.8 Å². The lowest BCUT2D eigenvalue weighted by Gasteiger charge is -2.21. The summed E-state index contributed by atoms with van der Waals surface area (Å²) in [7, 11) is 0. The van der Waals surface area contributed by atoms with Gasteiger partial charge in [0.25, 0.3) is 0 Å². The summed E-state index contributed by atoms with van der Waals surface area (Å²) >= 11 is 1.84.